The second-order valence-electron chi connectivity index (χ2n) is 4.76. The average Bonchev–Trinajstić information content (AvgIpc) is 2.55. The largest absolute Gasteiger partial charge is 0.377 e. The van der Waals surface area contributed by atoms with E-state index in [2.05, 4.69) is 10.2 Å². The number of nitro groups is 1. The van der Waals surface area contributed by atoms with Gasteiger partial charge in [0.05, 0.1) is 11.1 Å². The molecule has 118 valence electrons. The van der Waals surface area contributed by atoms with Gasteiger partial charge < -0.3 is 5.73 Å². The van der Waals surface area contributed by atoms with Crippen LogP contribution in [-0.2, 0) is 5.75 Å². The van der Waals surface area contributed by atoms with Gasteiger partial charge in [0.2, 0.25) is 0 Å². The molecule has 0 amide bonds. The average molecular weight is 328 g/mol. The van der Waals surface area contributed by atoms with E-state index in [9.17, 15) is 10.1 Å². The minimum atomic E-state index is -0.440. The van der Waals surface area contributed by atoms with Gasteiger partial charge in [0.15, 0.2) is 5.17 Å². The van der Waals surface area contributed by atoms with E-state index in [0.717, 1.165) is 11.1 Å². The zero-order valence-electron chi connectivity index (χ0n) is 12.5. The number of thioether (sulfide) groups is 1. The second kappa shape index (κ2) is 8.09. The molecule has 0 saturated heterocycles. The lowest BCUT2D eigenvalue weighted by Crippen LogP contribution is -2.06. The highest BCUT2D eigenvalue weighted by molar-refractivity contribution is 8.13. The van der Waals surface area contributed by atoms with Crippen molar-refractivity contribution in [3.8, 4) is 0 Å². The smallest absolute Gasteiger partial charge is 0.270 e. The molecule has 2 aromatic carbocycles. The first-order valence-electron chi connectivity index (χ1n) is 6.84. The summed E-state index contributed by atoms with van der Waals surface area (Å²) in [6, 6.07) is 14.5. The molecule has 0 bridgehead atoms. The standard InChI is InChI=1S/C16H16N4O2S/c1-12-7-8-15(20(21)22)9-14(12)10-18-19-16(17)23-11-13-5-3-2-4-6-13/h2-10H,11H2,1H3,(H2,17,19). The Morgan fingerprint density at radius 2 is 2.04 bits per heavy atom. The minimum Gasteiger partial charge on any atom is -0.377 e. The molecule has 0 fully saturated rings. The fourth-order valence-corrected chi connectivity index (χ4v) is 2.40. The van der Waals surface area contributed by atoms with Gasteiger partial charge in [0, 0.05) is 23.4 Å². The van der Waals surface area contributed by atoms with Crippen molar-refractivity contribution in [2.75, 3.05) is 0 Å². The molecule has 0 spiro atoms. The predicted molar refractivity (Wildman–Crippen MR) is 94.8 cm³/mol. The van der Waals surface area contributed by atoms with E-state index < -0.39 is 4.92 Å². The lowest BCUT2D eigenvalue weighted by atomic mass is 10.1. The van der Waals surface area contributed by atoms with Crippen LogP contribution in [0.4, 0.5) is 5.69 Å². The first-order valence-corrected chi connectivity index (χ1v) is 7.83. The van der Waals surface area contributed by atoms with Crippen LogP contribution >= 0.6 is 11.8 Å². The van der Waals surface area contributed by atoms with Crippen LogP contribution in [0.3, 0.4) is 0 Å². The van der Waals surface area contributed by atoms with Crippen molar-refractivity contribution in [1.82, 2.24) is 0 Å². The van der Waals surface area contributed by atoms with E-state index in [1.165, 1.54) is 30.1 Å². The fraction of sp³-hybridized carbons (Fsp3) is 0.125. The van der Waals surface area contributed by atoms with Gasteiger partial charge in [-0.05, 0) is 18.1 Å². The Balaban J connectivity index is 1.99. The molecule has 0 aliphatic rings. The molecule has 2 N–H and O–H groups in total. The summed E-state index contributed by atoms with van der Waals surface area (Å²) in [4.78, 5) is 10.3. The summed E-state index contributed by atoms with van der Waals surface area (Å²) in [5.41, 5.74) is 8.48. The summed E-state index contributed by atoms with van der Waals surface area (Å²) in [5.74, 6) is 0.710. The molecule has 6 nitrogen and oxygen atoms in total. The Labute approximate surface area is 138 Å². The number of benzene rings is 2. The number of hydrogen-bond donors (Lipinski definition) is 1. The maximum Gasteiger partial charge on any atom is 0.270 e. The summed E-state index contributed by atoms with van der Waals surface area (Å²) in [6.07, 6.45) is 1.47. The molecule has 0 aliphatic carbocycles. The minimum absolute atomic E-state index is 0.0208. The molecule has 23 heavy (non-hydrogen) atoms. The molecule has 7 heteroatoms. The number of non-ortho nitro benzene ring substituents is 1. The van der Waals surface area contributed by atoms with Gasteiger partial charge in [0.1, 0.15) is 0 Å². The molecule has 0 radical (unpaired) electrons. The van der Waals surface area contributed by atoms with E-state index >= 15 is 0 Å². The third-order valence-corrected chi connectivity index (χ3v) is 3.91. The second-order valence-corrected chi connectivity index (χ2v) is 5.75. The van der Waals surface area contributed by atoms with Crippen LogP contribution in [0, 0.1) is 17.0 Å². The van der Waals surface area contributed by atoms with Gasteiger partial charge in [0.25, 0.3) is 5.69 Å². The summed E-state index contributed by atoms with van der Waals surface area (Å²) in [6.45, 7) is 1.85. The first-order chi connectivity index (χ1) is 11.1. The maximum absolute atomic E-state index is 10.8. The Bertz CT molecular complexity index is 745. The van der Waals surface area contributed by atoms with Gasteiger partial charge in [-0.3, -0.25) is 10.1 Å². The number of hydrogen-bond acceptors (Lipinski definition) is 5. The molecule has 0 heterocycles. The van der Waals surface area contributed by atoms with E-state index in [-0.39, 0.29) is 5.69 Å². The zero-order chi connectivity index (χ0) is 16.7. The molecule has 0 aromatic heterocycles. The number of nitrogens with two attached hydrogens (primary N) is 1. The van der Waals surface area contributed by atoms with Crippen molar-refractivity contribution in [3.63, 3.8) is 0 Å². The monoisotopic (exact) mass is 328 g/mol. The third kappa shape index (κ3) is 5.23. The number of rotatable bonds is 5. The Kier molecular flexibility index (Phi) is 5.87. The van der Waals surface area contributed by atoms with Crippen LogP contribution in [0.15, 0.2) is 58.7 Å². The molecule has 0 saturated carbocycles. The zero-order valence-corrected chi connectivity index (χ0v) is 13.4. The van der Waals surface area contributed by atoms with E-state index in [4.69, 9.17) is 5.73 Å². The third-order valence-electron chi connectivity index (χ3n) is 3.06. The van der Waals surface area contributed by atoms with Crippen LogP contribution in [0.25, 0.3) is 0 Å². The molecular formula is C16H16N4O2S. The molecule has 2 rings (SSSR count). The highest BCUT2D eigenvalue weighted by Gasteiger charge is 2.06. The van der Waals surface area contributed by atoms with E-state index in [1.807, 2.05) is 37.3 Å². The molecular weight excluding hydrogens is 312 g/mol. The summed E-state index contributed by atoms with van der Waals surface area (Å²) in [7, 11) is 0. The normalized spacial score (nSPS) is 11.8. The number of amidine groups is 1. The van der Waals surface area contributed by atoms with Crippen molar-refractivity contribution >= 4 is 28.8 Å². The number of nitrogens with zero attached hydrogens (tertiary/aromatic N) is 3. The van der Waals surface area contributed by atoms with Crippen molar-refractivity contribution in [1.29, 1.82) is 0 Å². The number of aryl methyl sites for hydroxylation is 1. The lowest BCUT2D eigenvalue weighted by Gasteiger charge is -2.00. The van der Waals surface area contributed by atoms with Gasteiger partial charge in [-0.15, -0.1) is 5.10 Å². The summed E-state index contributed by atoms with van der Waals surface area (Å²) < 4.78 is 0. The Hall–Kier alpha value is -2.67. The maximum atomic E-state index is 10.8. The van der Waals surface area contributed by atoms with E-state index in [0.29, 0.717) is 16.5 Å². The molecule has 0 unspecified atom stereocenters. The highest BCUT2D eigenvalue weighted by atomic mass is 32.2. The quantitative estimate of drug-likeness (QED) is 0.393. The van der Waals surface area contributed by atoms with Crippen molar-refractivity contribution in [2.24, 2.45) is 15.9 Å². The topological polar surface area (TPSA) is 93.9 Å². The summed E-state index contributed by atoms with van der Waals surface area (Å²) >= 11 is 1.38. The Morgan fingerprint density at radius 1 is 1.30 bits per heavy atom. The van der Waals surface area contributed by atoms with Gasteiger partial charge in [-0.2, -0.15) is 5.10 Å². The summed E-state index contributed by atoms with van der Waals surface area (Å²) in [5, 5.41) is 18.9. The van der Waals surface area contributed by atoms with Gasteiger partial charge in [-0.25, -0.2) is 0 Å². The fourth-order valence-electron chi connectivity index (χ4n) is 1.79. The first kappa shape index (κ1) is 16.7. The van der Waals surface area contributed by atoms with E-state index in [1.54, 1.807) is 6.07 Å². The Morgan fingerprint density at radius 3 is 2.74 bits per heavy atom. The van der Waals surface area contributed by atoms with Crippen LogP contribution < -0.4 is 5.73 Å². The van der Waals surface area contributed by atoms with Gasteiger partial charge >= 0.3 is 0 Å². The van der Waals surface area contributed by atoms with Crippen molar-refractivity contribution in [3.05, 3.63) is 75.3 Å². The lowest BCUT2D eigenvalue weighted by molar-refractivity contribution is -0.384. The highest BCUT2D eigenvalue weighted by Crippen LogP contribution is 2.16. The number of nitro benzene ring substituents is 1. The molecule has 2 aromatic rings. The van der Waals surface area contributed by atoms with Crippen LogP contribution in [0.1, 0.15) is 16.7 Å². The van der Waals surface area contributed by atoms with Gasteiger partial charge in [-0.1, -0.05) is 48.2 Å². The van der Waals surface area contributed by atoms with Crippen LogP contribution in [0.2, 0.25) is 0 Å². The predicted octanol–water partition coefficient (Wildman–Crippen LogP) is 3.49. The van der Waals surface area contributed by atoms with Crippen molar-refractivity contribution in [2.45, 2.75) is 12.7 Å². The van der Waals surface area contributed by atoms with Crippen LogP contribution in [-0.4, -0.2) is 16.3 Å². The SMILES string of the molecule is Cc1ccc([N+](=O)[O-])cc1C=NN=C(N)SCc1ccccc1. The van der Waals surface area contributed by atoms with Crippen LogP contribution in [0.5, 0.6) is 0 Å². The molecule has 0 atom stereocenters. The molecule has 0 aliphatic heterocycles. The van der Waals surface area contributed by atoms with Crippen molar-refractivity contribution < 1.29 is 4.92 Å².